The first-order valence-electron chi connectivity index (χ1n) is 5.63. The summed E-state index contributed by atoms with van der Waals surface area (Å²) < 4.78 is 27.8. The predicted octanol–water partition coefficient (Wildman–Crippen LogP) is 2.67. The summed E-state index contributed by atoms with van der Waals surface area (Å²) in [6.07, 6.45) is 0. The van der Waals surface area contributed by atoms with E-state index in [0.29, 0.717) is 11.3 Å². The molecule has 0 bridgehead atoms. The molecule has 0 amide bonds. The van der Waals surface area contributed by atoms with Crippen molar-refractivity contribution in [1.82, 2.24) is 5.16 Å². The minimum atomic E-state index is -0.588. The number of methoxy groups -OCH3 is 1. The fourth-order valence-corrected chi connectivity index (χ4v) is 1.53. The fraction of sp³-hybridized carbons (Fsp3) is 0.231. The lowest BCUT2D eigenvalue weighted by Crippen LogP contribution is -2.02. The van der Waals surface area contributed by atoms with Gasteiger partial charge in [0, 0.05) is 11.6 Å². The lowest BCUT2D eigenvalue weighted by atomic mass is 10.1. The molecule has 1 aromatic carbocycles. The van der Waals surface area contributed by atoms with Gasteiger partial charge in [0.05, 0.1) is 13.7 Å². The van der Waals surface area contributed by atoms with Crippen LogP contribution in [0.4, 0.5) is 4.39 Å². The van der Waals surface area contributed by atoms with Crippen molar-refractivity contribution in [3.63, 3.8) is 0 Å². The lowest BCUT2D eigenvalue weighted by molar-refractivity contribution is 0.0480. The van der Waals surface area contributed by atoms with Crippen molar-refractivity contribution in [2.75, 3.05) is 13.7 Å². The zero-order valence-electron chi connectivity index (χ0n) is 10.5. The molecule has 0 unspecified atom stereocenters. The molecule has 5 nitrogen and oxygen atoms in total. The number of carbonyl (C=O) groups is 1. The summed E-state index contributed by atoms with van der Waals surface area (Å²) in [6.45, 7) is 1.94. The lowest BCUT2D eigenvalue weighted by Gasteiger charge is -2.02. The van der Waals surface area contributed by atoms with Gasteiger partial charge < -0.3 is 14.0 Å². The monoisotopic (exact) mass is 265 g/mol. The molecule has 6 heteroatoms. The van der Waals surface area contributed by atoms with Crippen molar-refractivity contribution >= 4 is 5.97 Å². The van der Waals surface area contributed by atoms with Crippen LogP contribution < -0.4 is 4.74 Å². The van der Waals surface area contributed by atoms with Crippen LogP contribution in [0.3, 0.4) is 0 Å². The molecular weight excluding hydrogens is 253 g/mol. The van der Waals surface area contributed by atoms with E-state index < -0.39 is 11.8 Å². The van der Waals surface area contributed by atoms with Crippen molar-refractivity contribution in [1.29, 1.82) is 0 Å². The first-order chi connectivity index (χ1) is 9.15. The van der Waals surface area contributed by atoms with Gasteiger partial charge in [-0.2, -0.15) is 0 Å². The summed E-state index contributed by atoms with van der Waals surface area (Å²) in [6, 6.07) is 5.68. The van der Waals surface area contributed by atoms with Gasteiger partial charge in [-0.1, -0.05) is 5.16 Å². The number of esters is 1. The van der Waals surface area contributed by atoms with Crippen molar-refractivity contribution in [2.24, 2.45) is 0 Å². The van der Waals surface area contributed by atoms with Crippen LogP contribution in [0.25, 0.3) is 11.3 Å². The van der Waals surface area contributed by atoms with E-state index >= 15 is 0 Å². The van der Waals surface area contributed by atoms with Gasteiger partial charge in [-0.3, -0.25) is 0 Å². The second-order valence-electron chi connectivity index (χ2n) is 3.65. The molecule has 1 aromatic heterocycles. The van der Waals surface area contributed by atoms with Crippen LogP contribution in [0, 0.1) is 5.82 Å². The Morgan fingerprint density at radius 2 is 2.21 bits per heavy atom. The number of nitrogens with zero attached hydrogens (tertiary/aromatic N) is 1. The summed E-state index contributed by atoms with van der Waals surface area (Å²) in [7, 11) is 1.37. The van der Waals surface area contributed by atoms with Crippen molar-refractivity contribution < 1.29 is 23.2 Å². The van der Waals surface area contributed by atoms with E-state index in [1.54, 1.807) is 6.92 Å². The van der Waals surface area contributed by atoms with Gasteiger partial charge in [-0.05, 0) is 25.1 Å². The maximum absolute atomic E-state index is 13.3. The second kappa shape index (κ2) is 5.51. The second-order valence-corrected chi connectivity index (χ2v) is 3.65. The molecule has 0 saturated carbocycles. The van der Waals surface area contributed by atoms with E-state index in [4.69, 9.17) is 14.0 Å². The maximum Gasteiger partial charge on any atom is 0.377 e. The Balaban J connectivity index is 2.30. The molecule has 0 fully saturated rings. The first kappa shape index (κ1) is 13.1. The Morgan fingerprint density at radius 3 is 2.89 bits per heavy atom. The minimum Gasteiger partial charge on any atom is -0.494 e. The van der Waals surface area contributed by atoms with Crippen LogP contribution in [-0.2, 0) is 4.74 Å². The molecular formula is C13H12FNO4. The molecule has 2 aromatic rings. The van der Waals surface area contributed by atoms with E-state index in [1.807, 2.05) is 0 Å². The van der Waals surface area contributed by atoms with E-state index in [1.165, 1.54) is 31.4 Å². The molecule has 19 heavy (non-hydrogen) atoms. The predicted molar refractivity (Wildman–Crippen MR) is 64.4 cm³/mol. The third-order valence-electron chi connectivity index (χ3n) is 2.43. The smallest absolute Gasteiger partial charge is 0.377 e. The Kier molecular flexibility index (Phi) is 3.79. The number of ether oxygens (including phenoxy) is 2. The summed E-state index contributed by atoms with van der Waals surface area (Å²) in [4.78, 5) is 11.4. The van der Waals surface area contributed by atoms with Gasteiger partial charge in [0.15, 0.2) is 11.6 Å². The first-order valence-corrected chi connectivity index (χ1v) is 5.63. The average molecular weight is 265 g/mol. The third-order valence-corrected chi connectivity index (χ3v) is 2.43. The molecule has 1 heterocycles. The third kappa shape index (κ3) is 2.73. The average Bonchev–Trinajstić information content (AvgIpc) is 2.89. The summed E-state index contributed by atoms with van der Waals surface area (Å²) in [5, 5.41) is 3.74. The summed E-state index contributed by atoms with van der Waals surface area (Å²) in [5.74, 6) is -0.964. The van der Waals surface area contributed by atoms with Crippen LogP contribution >= 0.6 is 0 Å². The molecule has 0 N–H and O–H groups in total. The molecule has 0 saturated heterocycles. The number of halogens is 1. The standard InChI is InChI=1S/C13H12FNO4/c1-3-18-13(16)12-7-10(15-19-12)8-4-5-9(14)11(6-8)17-2/h4-7H,3H2,1-2H3. The molecule has 0 spiro atoms. The number of carbonyl (C=O) groups excluding carboxylic acids is 1. The van der Waals surface area contributed by atoms with E-state index in [9.17, 15) is 9.18 Å². The van der Waals surface area contributed by atoms with Crippen LogP contribution in [0.2, 0.25) is 0 Å². The zero-order valence-corrected chi connectivity index (χ0v) is 10.5. The Morgan fingerprint density at radius 1 is 1.42 bits per heavy atom. The van der Waals surface area contributed by atoms with E-state index in [0.717, 1.165) is 0 Å². The molecule has 0 aliphatic rings. The zero-order chi connectivity index (χ0) is 13.8. The number of benzene rings is 1. The van der Waals surface area contributed by atoms with Crippen molar-refractivity contribution in [2.45, 2.75) is 6.92 Å². The van der Waals surface area contributed by atoms with Crippen molar-refractivity contribution in [3.8, 4) is 17.0 Å². The molecule has 0 aliphatic heterocycles. The molecule has 2 rings (SSSR count). The van der Waals surface area contributed by atoms with Crippen LogP contribution in [0.5, 0.6) is 5.75 Å². The van der Waals surface area contributed by atoms with E-state index in [-0.39, 0.29) is 18.1 Å². The SMILES string of the molecule is CCOC(=O)c1cc(-c2ccc(F)c(OC)c2)no1. The van der Waals surface area contributed by atoms with Gasteiger partial charge in [0.2, 0.25) is 5.76 Å². The maximum atomic E-state index is 13.3. The topological polar surface area (TPSA) is 61.6 Å². The highest BCUT2D eigenvalue weighted by molar-refractivity contribution is 5.87. The Hall–Kier alpha value is -2.37. The van der Waals surface area contributed by atoms with E-state index in [2.05, 4.69) is 5.16 Å². The van der Waals surface area contributed by atoms with Crippen LogP contribution in [0.1, 0.15) is 17.5 Å². The highest BCUT2D eigenvalue weighted by Crippen LogP contribution is 2.26. The van der Waals surface area contributed by atoms with Gasteiger partial charge in [0.1, 0.15) is 5.69 Å². The Bertz CT molecular complexity index is 594. The molecule has 100 valence electrons. The quantitative estimate of drug-likeness (QED) is 0.795. The molecule has 0 radical (unpaired) electrons. The minimum absolute atomic E-state index is 0.000131. The summed E-state index contributed by atoms with van der Waals surface area (Å²) in [5.41, 5.74) is 0.985. The van der Waals surface area contributed by atoms with Gasteiger partial charge >= 0.3 is 5.97 Å². The largest absolute Gasteiger partial charge is 0.494 e. The summed E-state index contributed by atoms with van der Waals surface area (Å²) >= 11 is 0. The number of aromatic nitrogens is 1. The highest BCUT2D eigenvalue weighted by Gasteiger charge is 2.15. The number of rotatable bonds is 4. The van der Waals surface area contributed by atoms with Gasteiger partial charge in [-0.25, -0.2) is 9.18 Å². The molecule has 0 atom stereocenters. The Labute approximate surface area is 108 Å². The highest BCUT2D eigenvalue weighted by atomic mass is 19.1. The van der Waals surface area contributed by atoms with Gasteiger partial charge in [0.25, 0.3) is 0 Å². The van der Waals surface area contributed by atoms with Crippen LogP contribution in [0.15, 0.2) is 28.8 Å². The van der Waals surface area contributed by atoms with Crippen LogP contribution in [-0.4, -0.2) is 24.8 Å². The number of hydrogen-bond acceptors (Lipinski definition) is 5. The van der Waals surface area contributed by atoms with Gasteiger partial charge in [-0.15, -0.1) is 0 Å². The molecule has 0 aliphatic carbocycles. The normalized spacial score (nSPS) is 10.3. The number of hydrogen-bond donors (Lipinski definition) is 0. The van der Waals surface area contributed by atoms with Crippen molar-refractivity contribution in [3.05, 3.63) is 35.8 Å². The fourth-order valence-electron chi connectivity index (χ4n) is 1.53.